The summed E-state index contributed by atoms with van der Waals surface area (Å²) in [4.78, 5) is 0. The minimum Gasteiger partial charge on any atom is -0.393 e. The Morgan fingerprint density at radius 1 is 0.464 bits per heavy atom. The fourth-order valence-corrected chi connectivity index (χ4v) is 10.2. The van der Waals surface area contributed by atoms with Crippen LogP contribution < -0.4 is 0 Å². The van der Waals surface area contributed by atoms with Gasteiger partial charge in [0.25, 0.3) is 0 Å². The van der Waals surface area contributed by atoms with Crippen molar-refractivity contribution >= 4 is 0 Å². The molecule has 0 aromatic heterocycles. The summed E-state index contributed by atoms with van der Waals surface area (Å²) < 4.78 is 0. The maximum absolute atomic E-state index is 10.7. The molecule has 0 heterocycles. The molecule has 6 rings (SSSR count). The first-order valence-corrected chi connectivity index (χ1v) is 12.7. The van der Waals surface area contributed by atoms with Crippen LogP contribution in [0.25, 0.3) is 0 Å². The number of aliphatic hydroxyl groups excluding tert-OH is 2. The summed E-state index contributed by atoms with van der Waals surface area (Å²) in [5, 5.41) is 21.4. The van der Waals surface area contributed by atoms with Crippen LogP contribution >= 0.6 is 0 Å². The van der Waals surface area contributed by atoms with E-state index in [1.54, 1.807) is 0 Å². The Bertz CT molecular complexity index is 501. The molecule has 4 unspecified atom stereocenters. The van der Waals surface area contributed by atoms with Crippen molar-refractivity contribution in [2.45, 2.75) is 97.7 Å². The second kappa shape index (κ2) is 6.98. The van der Waals surface area contributed by atoms with Gasteiger partial charge in [0.2, 0.25) is 0 Å². The molecule has 0 aromatic rings. The van der Waals surface area contributed by atoms with Crippen LogP contribution in [0.2, 0.25) is 0 Å². The first kappa shape index (κ1) is 19.9. The van der Waals surface area contributed by atoms with Gasteiger partial charge in [-0.25, -0.2) is 0 Å². The van der Waals surface area contributed by atoms with Gasteiger partial charge in [-0.1, -0.05) is 27.7 Å². The van der Waals surface area contributed by atoms with E-state index in [0.717, 1.165) is 35.5 Å². The van der Waals surface area contributed by atoms with Crippen molar-refractivity contribution in [1.82, 2.24) is 0 Å². The Labute approximate surface area is 172 Å². The van der Waals surface area contributed by atoms with Gasteiger partial charge in [0.15, 0.2) is 0 Å². The predicted molar refractivity (Wildman–Crippen MR) is 114 cm³/mol. The van der Waals surface area contributed by atoms with E-state index in [2.05, 4.69) is 27.7 Å². The minimum atomic E-state index is -0.101. The minimum absolute atomic E-state index is 0.101. The fraction of sp³-hybridized carbons (Fsp3) is 1.00. The smallest absolute Gasteiger partial charge is 0.0591 e. The van der Waals surface area contributed by atoms with Gasteiger partial charge >= 0.3 is 0 Å². The molecule has 2 heteroatoms. The summed E-state index contributed by atoms with van der Waals surface area (Å²) in [6.45, 7) is 9.25. The standard InChI is InChI=1S/C26H44O2/c1-14-5-20(6-15(2)24(14)27)26(21-7-16(3)25(28)17(4)8-21)22-10-18-9-19(12-22)13-23(26)11-18/h14-25,27-28H,5-13H2,1-4H3. The zero-order chi connectivity index (χ0) is 19.8. The van der Waals surface area contributed by atoms with Gasteiger partial charge in [0.05, 0.1) is 12.2 Å². The monoisotopic (exact) mass is 388 g/mol. The Hall–Kier alpha value is -0.0800. The highest BCUT2D eigenvalue weighted by atomic mass is 16.3. The second-order valence-corrected chi connectivity index (χ2v) is 12.5. The third-order valence-electron chi connectivity index (χ3n) is 10.9. The van der Waals surface area contributed by atoms with Gasteiger partial charge in [-0.2, -0.15) is 0 Å². The molecule has 6 fully saturated rings. The predicted octanol–water partition coefficient (Wildman–Crippen LogP) is 5.52. The molecule has 0 amide bonds. The van der Waals surface area contributed by atoms with E-state index in [1.165, 1.54) is 57.8 Å². The molecule has 4 bridgehead atoms. The highest BCUT2D eigenvalue weighted by molar-refractivity contribution is 5.13. The van der Waals surface area contributed by atoms with E-state index >= 15 is 0 Å². The van der Waals surface area contributed by atoms with Crippen molar-refractivity contribution < 1.29 is 10.2 Å². The number of hydrogen-bond donors (Lipinski definition) is 2. The third-order valence-corrected chi connectivity index (χ3v) is 10.9. The van der Waals surface area contributed by atoms with E-state index < -0.39 is 0 Å². The lowest BCUT2D eigenvalue weighted by Crippen LogP contribution is -2.62. The Morgan fingerprint density at radius 2 is 0.750 bits per heavy atom. The van der Waals surface area contributed by atoms with Crippen LogP contribution in [0.5, 0.6) is 0 Å². The van der Waals surface area contributed by atoms with Crippen molar-refractivity contribution in [2.24, 2.45) is 64.6 Å². The zero-order valence-electron chi connectivity index (χ0n) is 18.7. The van der Waals surface area contributed by atoms with Crippen molar-refractivity contribution in [2.75, 3.05) is 0 Å². The van der Waals surface area contributed by atoms with Crippen LogP contribution in [-0.4, -0.2) is 22.4 Å². The zero-order valence-corrected chi connectivity index (χ0v) is 18.7. The lowest BCUT2D eigenvalue weighted by molar-refractivity contribution is -0.207. The van der Waals surface area contributed by atoms with Crippen LogP contribution in [0.4, 0.5) is 0 Å². The molecule has 160 valence electrons. The highest BCUT2D eigenvalue weighted by Crippen LogP contribution is 2.71. The van der Waals surface area contributed by atoms with E-state index in [4.69, 9.17) is 0 Å². The first-order valence-electron chi connectivity index (χ1n) is 12.7. The van der Waals surface area contributed by atoms with E-state index in [0.29, 0.717) is 29.1 Å². The summed E-state index contributed by atoms with van der Waals surface area (Å²) in [5.41, 5.74) is 0.513. The van der Waals surface area contributed by atoms with Crippen LogP contribution in [0.1, 0.15) is 85.5 Å². The molecule has 0 aromatic carbocycles. The average Bonchev–Trinajstić information content (AvgIpc) is 2.63. The van der Waals surface area contributed by atoms with Crippen molar-refractivity contribution in [1.29, 1.82) is 0 Å². The summed E-state index contributed by atoms with van der Waals surface area (Å²) in [6, 6.07) is 0. The van der Waals surface area contributed by atoms with Crippen LogP contribution in [0.3, 0.4) is 0 Å². The summed E-state index contributed by atoms with van der Waals surface area (Å²) in [6.07, 6.45) is 12.3. The number of aliphatic hydroxyl groups is 2. The molecule has 2 nitrogen and oxygen atoms in total. The molecule has 6 saturated carbocycles. The highest BCUT2D eigenvalue weighted by Gasteiger charge is 2.64. The van der Waals surface area contributed by atoms with Crippen LogP contribution in [-0.2, 0) is 0 Å². The molecule has 6 aliphatic carbocycles. The lowest BCUT2D eigenvalue weighted by atomic mass is 9.36. The lowest BCUT2D eigenvalue weighted by Gasteiger charge is -2.69. The van der Waals surface area contributed by atoms with E-state index in [-0.39, 0.29) is 12.2 Å². The molecular formula is C26H44O2. The number of rotatable bonds is 2. The van der Waals surface area contributed by atoms with Gasteiger partial charge < -0.3 is 10.2 Å². The molecule has 4 atom stereocenters. The summed E-state index contributed by atoms with van der Waals surface area (Å²) in [7, 11) is 0. The normalized spacial score (nSPS) is 61.5. The first-order chi connectivity index (χ1) is 13.3. The van der Waals surface area contributed by atoms with E-state index in [1.807, 2.05) is 0 Å². The largest absolute Gasteiger partial charge is 0.393 e. The van der Waals surface area contributed by atoms with E-state index in [9.17, 15) is 10.2 Å². The summed E-state index contributed by atoms with van der Waals surface area (Å²) >= 11 is 0. The van der Waals surface area contributed by atoms with Gasteiger partial charge in [-0.15, -0.1) is 0 Å². The second-order valence-electron chi connectivity index (χ2n) is 12.5. The Kier molecular flexibility index (Phi) is 4.95. The molecule has 0 radical (unpaired) electrons. The SMILES string of the molecule is CC1CC(C2(C3CC(C)C(O)C(C)C3)C3CC4CC(C3)CC2C4)CC(C)C1O. The molecule has 6 aliphatic rings. The molecule has 2 N–H and O–H groups in total. The Morgan fingerprint density at radius 3 is 1.07 bits per heavy atom. The average molecular weight is 389 g/mol. The van der Waals surface area contributed by atoms with Gasteiger partial charge in [0, 0.05) is 0 Å². The maximum atomic E-state index is 10.7. The summed E-state index contributed by atoms with van der Waals surface area (Å²) in [5.74, 6) is 7.31. The Balaban J connectivity index is 1.54. The van der Waals surface area contributed by atoms with Gasteiger partial charge in [-0.3, -0.25) is 0 Å². The topological polar surface area (TPSA) is 40.5 Å². The van der Waals surface area contributed by atoms with Gasteiger partial charge in [0.1, 0.15) is 0 Å². The molecule has 0 saturated heterocycles. The van der Waals surface area contributed by atoms with Crippen molar-refractivity contribution in [3.05, 3.63) is 0 Å². The molecular weight excluding hydrogens is 344 g/mol. The van der Waals surface area contributed by atoms with Crippen LogP contribution in [0.15, 0.2) is 0 Å². The van der Waals surface area contributed by atoms with Crippen LogP contribution in [0, 0.1) is 64.6 Å². The molecule has 0 aliphatic heterocycles. The number of hydrogen-bond acceptors (Lipinski definition) is 2. The molecule has 0 spiro atoms. The fourth-order valence-electron chi connectivity index (χ4n) is 10.2. The third kappa shape index (κ3) is 2.79. The quantitative estimate of drug-likeness (QED) is 0.654. The van der Waals surface area contributed by atoms with Crippen molar-refractivity contribution in [3.8, 4) is 0 Å². The van der Waals surface area contributed by atoms with Crippen molar-refractivity contribution in [3.63, 3.8) is 0 Å². The van der Waals surface area contributed by atoms with Gasteiger partial charge in [-0.05, 0) is 122 Å². The molecule has 28 heavy (non-hydrogen) atoms. The maximum Gasteiger partial charge on any atom is 0.0591 e.